The van der Waals surface area contributed by atoms with Gasteiger partial charge < -0.3 is 37.9 Å². The van der Waals surface area contributed by atoms with Gasteiger partial charge in [0, 0.05) is 13.8 Å². The Bertz CT molecular complexity index is 1120. The van der Waals surface area contributed by atoms with Crippen molar-refractivity contribution in [2.24, 2.45) is 10.8 Å². The molecule has 0 radical (unpaired) electrons. The van der Waals surface area contributed by atoms with Gasteiger partial charge in [-0.15, -0.1) is 0 Å². The molecule has 45 heavy (non-hydrogen) atoms. The Kier molecular flexibility index (Phi) is 17.0. The van der Waals surface area contributed by atoms with Crippen LogP contribution in [0.15, 0.2) is 30.3 Å². The summed E-state index contributed by atoms with van der Waals surface area (Å²) >= 11 is 0. The minimum absolute atomic E-state index is 0.0114. The van der Waals surface area contributed by atoms with Gasteiger partial charge in [-0.1, -0.05) is 30.3 Å². The number of rotatable bonds is 19. The number of carbonyl (C=O) groups is 6. The van der Waals surface area contributed by atoms with Crippen LogP contribution in [0.25, 0.3) is 0 Å². The monoisotopic (exact) mass is 640 g/mol. The van der Waals surface area contributed by atoms with Gasteiger partial charge in [0.05, 0.1) is 27.4 Å². The van der Waals surface area contributed by atoms with E-state index in [1.807, 2.05) is 30.3 Å². The van der Waals surface area contributed by atoms with Crippen molar-refractivity contribution in [3.63, 3.8) is 0 Å². The van der Waals surface area contributed by atoms with Crippen LogP contribution in [0.2, 0.25) is 0 Å². The Morgan fingerprint density at radius 2 is 1.04 bits per heavy atom. The first kappa shape index (κ1) is 38.7. The van der Waals surface area contributed by atoms with Crippen molar-refractivity contribution in [3.8, 4) is 0 Å². The first-order valence-electron chi connectivity index (χ1n) is 14.3. The Morgan fingerprint density at radius 1 is 0.600 bits per heavy atom. The zero-order chi connectivity index (χ0) is 33.9. The topological polar surface area (TPSA) is 176 Å². The lowest BCUT2D eigenvalue weighted by atomic mass is 9.91. The molecule has 14 heteroatoms. The van der Waals surface area contributed by atoms with E-state index in [9.17, 15) is 28.8 Å². The Balaban J connectivity index is 2.55. The predicted octanol–water partition coefficient (Wildman–Crippen LogP) is 4.12. The summed E-state index contributed by atoms with van der Waals surface area (Å²) in [5.74, 6) is -2.60. The third-order valence-electron chi connectivity index (χ3n) is 6.69. The van der Waals surface area contributed by atoms with Crippen molar-refractivity contribution in [2.75, 3.05) is 53.9 Å². The number of unbranched alkanes of at least 4 members (excludes halogenated alkanes) is 1. The molecule has 0 N–H and O–H groups in total. The molecule has 0 aliphatic heterocycles. The number of hydrogen-bond acceptors (Lipinski definition) is 14. The van der Waals surface area contributed by atoms with Crippen molar-refractivity contribution in [2.45, 2.75) is 59.3 Å². The highest BCUT2D eigenvalue weighted by Gasteiger charge is 2.39. The fourth-order valence-corrected chi connectivity index (χ4v) is 3.99. The third kappa shape index (κ3) is 14.8. The lowest BCUT2D eigenvalue weighted by Crippen LogP contribution is -2.39. The maximum Gasteiger partial charge on any atom is 0.508 e. The molecule has 0 spiro atoms. The van der Waals surface area contributed by atoms with Crippen molar-refractivity contribution in [1.82, 2.24) is 0 Å². The minimum atomic E-state index is -1.40. The Labute approximate surface area is 262 Å². The van der Waals surface area contributed by atoms with Crippen molar-refractivity contribution in [1.29, 1.82) is 0 Å². The van der Waals surface area contributed by atoms with Crippen molar-refractivity contribution >= 4 is 36.2 Å². The van der Waals surface area contributed by atoms with E-state index in [4.69, 9.17) is 37.9 Å². The molecule has 0 aliphatic carbocycles. The predicted molar refractivity (Wildman–Crippen MR) is 156 cm³/mol. The maximum atomic E-state index is 12.2. The zero-order valence-corrected chi connectivity index (χ0v) is 26.8. The molecule has 0 saturated carbocycles. The van der Waals surface area contributed by atoms with Crippen LogP contribution in [0, 0.1) is 10.8 Å². The Morgan fingerprint density at radius 3 is 1.49 bits per heavy atom. The molecular weight excluding hydrogens is 596 g/mol. The van der Waals surface area contributed by atoms with Crippen molar-refractivity contribution < 1.29 is 66.7 Å². The zero-order valence-electron chi connectivity index (χ0n) is 26.8. The van der Waals surface area contributed by atoms with Crippen LogP contribution < -0.4 is 0 Å². The molecule has 0 heterocycles. The van der Waals surface area contributed by atoms with E-state index in [1.165, 1.54) is 41.9 Å². The van der Waals surface area contributed by atoms with E-state index in [0.29, 0.717) is 25.7 Å². The molecule has 1 aromatic rings. The number of esters is 4. The summed E-state index contributed by atoms with van der Waals surface area (Å²) in [4.78, 5) is 70.9. The van der Waals surface area contributed by atoms with Gasteiger partial charge >= 0.3 is 36.2 Å². The van der Waals surface area contributed by atoms with Crippen LogP contribution in [-0.4, -0.2) is 90.0 Å². The number of hydrogen-bond donors (Lipinski definition) is 0. The largest absolute Gasteiger partial charge is 0.508 e. The molecule has 0 aromatic heterocycles. The number of benzene rings is 1. The fraction of sp³-hybridized carbons (Fsp3) is 0.613. The lowest BCUT2D eigenvalue weighted by Gasteiger charge is -2.25. The summed E-state index contributed by atoms with van der Waals surface area (Å²) in [5, 5.41) is 0. The molecule has 0 fully saturated rings. The fourth-order valence-electron chi connectivity index (χ4n) is 3.99. The number of carbonyl (C=O) groups excluding carboxylic acids is 6. The molecular formula is C31H44O14. The molecule has 0 saturated heterocycles. The molecule has 1 rings (SSSR count). The number of ether oxygens (including phenoxy) is 8. The van der Waals surface area contributed by atoms with E-state index in [2.05, 4.69) is 0 Å². The first-order chi connectivity index (χ1) is 21.3. The van der Waals surface area contributed by atoms with Gasteiger partial charge in [-0.3, -0.25) is 19.2 Å². The van der Waals surface area contributed by atoms with Gasteiger partial charge in [-0.25, -0.2) is 9.59 Å². The molecule has 0 aliphatic rings. The second-order valence-corrected chi connectivity index (χ2v) is 10.8. The number of methoxy groups -OCH3 is 2. The summed E-state index contributed by atoms with van der Waals surface area (Å²) < 4.78 is 39.8. The smallest absolute Gasteiger partial charge is 0.468 e. The van der Waals surface area contributed by atoms with Gasteiger partial charge in [0.2, 0.25) is 0 Å². The summed E-state index contributed by atoms with van der Waals surface area (Å²) in [6, 6.07) is 9.61. The summed E-state index contributed by atoms with van der Waals surface area (Å²) in [7, 11) is 2.34. The average Bonchev–Trinajstić information content (AvgIpc) is 3.02. The molecule has 3 unspecified atom stereocenters. The normalized spacial score (nSPS) is 13.9. The van der Waals surface area contributed by atoms with Crippen LogP contribution in [-0.2, 0) is 57.1 Å². The van der Waals surface area contributed by atoms with E-state index < -0.39 is 60.2 Å². The van der Waals surface area contributed by atoms with Crippen LogP contribution in [0.3, 0.4) is 0 Å². The summed E-state index contributed by atoms with van der Waals surface area (Å²) in [6.07, 6.45) is 0.373. The maximum absolute atomic E-state index is 12.2. The van der Waals surface area contributed by atoms with Crippen LogP contribution in [0.5, 0.6) is 0 Å². The van der Waals surface area contributed by atoms with Crippen LogP contribution >= 0.6 is 0 Å². The second-order valence-electron chi connectivity index (χ2n) is 10.8. The highest BCUT2D eigenvalue weighted by Crippen LogP contribution is 2.26. The molecule has 252 valence electrons. The quantitative estimate of drug-likeness (QED) is 0.120. The average molecular weight is 641 g/mol. The van der Waals surface area contributed by atoms with Gasteiger partial charge in [-0.2, -0.15) is 0 Å². The van der Waals surface area contributed by atoms with Crippen LogP contribution in [0.1, 0.15) is 64.9 Å². The summed E-state index contributed by atoms with van der Waals surface area (Å²) in [6.45, 7) is 3.89. The van der Waals surface area contributed by atoms with Gasteiger partial charge in [0.1, 0.15) is 37.3 Å². The van der Waals surface area contributed by atoms with E-state index in [0.717, 1.165) is 5.56 Å². The van der Waals surface area contributed by atoms with Gasteiger partial charge in [0.25, 0.3) is 0 Å². The highest BCUT2D eigenvalue weighted by atomic mass is 16.7. The molecule has 3 atom stereocenters. The highest BCUT2D eigenvalue weighted by molar-refractivity contribution is 5.78. The molecule has 0 bridgehead atoms. The Hall–Kier alpha value is -4.36. The SMILES string of the molecule is COC(=O)C(C)(COC(C)=O)COC(=O)OCCCCC(CCOC(=O)OCC(C)(COC(C)=O)C(=O)OC)c1ccccc1. The van der Waals surface area contributed by atoms with Crippen LogP contribution in [0.4, 0.5) is 9.59 Å². The van der Waals surface area contributed by atoms with Crippen molar-refractivity contribution in [3.05, 3.63) is 35.9 Å². The van der Waals surface area contributed by atoms with Gasteiger partial charge in [0.15, 0.2) is 0 Å². The molecule has 0 amide bonds. The molecule has 1 aromatic carbocycles. The van der Waals surface area contributed by atoms with Gasteiger partial charge in [-0.05, 0) is 51.0 Å². The van der Waals surface area contributed by atoms with E-state index in [1.54, 1.807) is 0 Å². The lowest BCUT2D eigenvalue weighted by molar-refractivity contribution is -0.164. The summed E-state index contributed by atoms with van der Waals surface area (Å²) in [5.41, 5.74) is -1.75. The standard InChI is InChI=1S/C31H44O14/c1-22(32)42-18-30(3,26(34)38-5)20-44-28(36)40-16-11-10-14-25(24-12-8-7-9-13-24)15-17-41-29(37)45-21-31(4,27(35)39-6)19-43-23(2)33/h7-9,12-13,25H,10-11,14-21H2,1-6H3. The van der Waals surface area contributed by atoms with E-state index in [-0.39, 0.29) is 32.3 Å². The third-order valence-corrected chi connectivity index (χ3v) is 6.69. The first-order valence-corrected chi connectivity index (χ1v) is 14.3. The van der Waals surface area contributed by atoms with E-state index >= 15 is 0 Å². The second kappa shape index (κ2) is 19.8. The molecule has 14 nitrogen and oxygen atoms in total. The minimum Gasteiger partial charge on any atom is -0.468 e.